The van der Waals surface area contributed by atoms with Gasteiger partial charge in [0.1, 0.15) is 5.76 Å². The van der Waals surface area contributed by atoms with Gasteiger partial charge in [-0.2, -0.15) is 0 Å². The Hall–Kier alpha value is -3.21. The summed E-state index contributed by atoms with van der Waals surface area (Å²) < 4.78 is 4.99. The number of rotatable bonds is 4. The molecule has 0 saturated carbocycles. The van der Waals surface area contributed by atoms with E-state index in [1.54, 1.807) is 38.1 Å². The molecule has 1 N–H and O–H groups in total. The summed E-state index contributed by atoms with van der Waals surface area (Å²) in [6, 6.07) is 9.77. The van der Waals surface area contributed by atoms with Crippen LogP contribution < -0.4 is 0 Å². The lowest BCUT2D eigenvalue weighted by molar-refractivity contribution is 0.0688. The fourth-order valence-corrected chi connectivity index (χ4v) is 2.78. The van der Waals surface area contributed by atoms with Crippen LogP contribution in [-0.4, -0.2) is 22.8 Å². The highest BCUT2D eigenvalue weighted by atomic mass is 16.5. The molecule has 2 aromatic carbocycles. The van der Waals surface area contributed by atoms with Crippen molar-refractivity contribution in [3.63, 3.8) is 0 Å². The summed E-state index contributed by atoms with van der Waals surface area (Å²) in [5, 5.41) is 9.46. The van der Waals surface area contributed by atoms with Crippen molar-refractivity contribution < 1.29 is 24.2 Å². The van der Waals surface area contributed by atoms with Gasteiger partial charge in [0, 0.05) is 17.0 Å². The fourth-order valence-electron chi connectivity index (χ4n) is 2.78. The number of cyclic esters (lactones) is 1. The van der Waals surface area contributed by atoms with Crippen molar-refractivity contribution in [1.29, 1.82) is 0 Å². The first-order chi connectivity index (χ1) is 11.8. The molecule has 5 heteroatoms. The van der Waals surface area contributed by atoms with Gasteiger partial charge in [-0.05, 0) is 35.4 Å². The molecule has 0 aromatic heterocycles. The quantitative estimate of drug-likeness (QED) is 0.673. The number of esters is 1. The van der Waals surface area contributed by atoms with Crippen LogP contribution in [-0.2, 0) is 4.74 Å². The number of carboxylic acid groups (broad SMARTS) is 1. The number of carboxylic acids is 1. The molecule has 5 nitrogen and oxygen atoms in total. The van der Waals surface area contributed by atoms with Gasteiger partial charge in [0.2, 0.25) is 0 Å². The molecule has 25 heavy (non-hydrogen) atoms. The van der Waals surface area contributed by atoms with Crippen molar-refractivity contribution in [3.8, 4) is 11.1 Å². The van der Waals surface area contributed by atoms with Gasteiger partial charge in [-0.1, -0.05) is 32.6 Å². The van der Waals surface area contributed by atoms with Crippen molar-refractivity contribution in [2.45, 2.75) is 13.8 Å². The largest absolute Gasteiger partial charge is 0.478 e. The van der Waals surface area contributed by atoms with Crippen molar-refractivity contribution >= 4 is 23.5 Å². The highest BCUT2D eigenvalue weighted by Crippen LogP contribution is 2.33. The smallest absolute Gasteiger partial charge is 0.344 e. The Morgan fingerprint density at radius 1 is 1.00 bits per heavy atom. The molecule has 0 saturated heterocycles. The highest BCUT2D eigenvalue weighted by Gasteiger charge is 2.26. The van der Waals surface area contributed by atoms with E-state index in [1.165, 1.54) is 12.1 Å². The van der Waals surface area contributed by atoms with Gasteiger partial charge in [0.25, 0.3) is 0 Å². The first-order valence-corrected chi connectivity index (χ1v) is 7.77. The summed E-state index contributed by atoms with van der Waals surface area (Å²) in [6.45, 7) is 7.12. The second kappa shape index (κ2) is 6.02. The molecule has 0 amide bonds. The molecule has 0 aliphatic carbocycles. The van der Waals surface area contributed by atoms with Gasteiger partial charge in [0.15, 0.2) is 5.78 Å². The summed E-state index contributed by atoms with van der Waals surface area (Å²) in [5.74, 6) is -1.87. The second-order valence-corrected chi connectivity index (χ2v) is 6.16. The molecule has 0 unspecified atom stereocenters. The molecule has 1 aliphatic heterocycles. The van der Waals surface area contributed by atoms with Crippen LogP contribution in [0.4, 0.5) is 0 Å². The molecule has 0 spiro atoms. The lowest BCUT2D eigenvalue weighted by atomic mass is 9.92. The summed E-state index contributed by atoms with van der Waals surface area (Å²) in [5.41, 5.74) is 2.41. The molecule has 0 bridgehead atoms. The topological polar surface area (TPSA) is 80.7 Å². The van der Waals surface area contributed by atoms with E-state index < -0.39 is 11.9 Å². The summed E-state index contributed by atoms with van der Waals surface area (Å²) in [4.78, 5) is 35.6. The van der Waals surface area contributed by atoms with Crippen molar-refractivity contribution in [3.05, 3.63) is 65.2 Å². The summed E-state index contributed by atoms with van der Waals surface area (Å²) in [7, 11) is 0. The Morgan fingerprint density at radius 2 is 1.64 bits per heavy atom. The second-order valence-electron chi connectivity index (χ2n) is 6.16. The first-order valence-electron chi connectivity index (χ1n) is 7.77. The van der Waals surface area contributed by atoms with Crippen LogP contribution in [0.1, 0.15) is 50.5 Å². The molecule has 1 aliphatic rings. The van der Waals surface area contributed by atoms with E-state index in [0.717, 1.165) is 0 Å². The van der Waals surface area contributed by atoms with Gasteiger partial charge < -0.3 is 9.84 Å². The lowest BCUT2D eigenvalue weighted by Crippen LogP contribution is -2.13. The minimum absolute atomic E-state index is 0.0521. The third kappa shape index (κ3) is 2.85. The van der Waals surface area contributed by atoms with E-state index in [9.17, 15) is 19.5 Å². The maximum Gasteiger partial charge on any atom is 0.344 e. The average Bonchev–Trinajstić information content (AvgIpc) is 2.87. The number of fused-ring (bicyclic) bond motifs is 1. The van der Waals surface area contributed by atoms with E-state index in [0.29, 0.717) is 28.0 Å². The normalized spacial score (nSPS) is 12.9. The number of aromatic carboxylic acids is 1. The standard InChI is InChI=1S/C20H16O5/c1-10(2)18(21)15-7-5-12(8-16(15)19(22)23)13-4-6-14-11(3)25-20(24)17(14)9-13/h4-10H,3H2,1-2H3,(H,22,23). The van der Waals surface area contributed by atoms with E-state index in [1.807, 2.05) is 0 Å². The van der Waals surface area contributed by atoms with Crippen LogP contribution >= 0.6 is 0 Å². The lowest BCUT2D eigenvalue weighted by Gasteiger charge is -2.11. The number of ether oxygens (including phenoxy) is 1. The van der Waals surface area contributed by atoms with Gasteiger partial charge in [0.05, 0.1) is 11.1 Å². The van der Waals surface area contributed by atoms with E-state index in [4.69, 9.17) is 4.74 Å². The zero-order valence-corrected chi connectivity index (χ0v) is 13.8. The van der Waals surface area contributed by atoms with Crippen LogP contribution in [0.15, 0.2) is 43.0 Å². The van der Waals surface area contributed by atoms with Crippen LogP contribution in [0.5, 0.6) is 0 Å². The first kappa shape index (κ1) is 16.6. The number of carbonyl (C=O) groups excluding carboxylic acids is 2. The third-order valence-corrected chi connectivity index (χ3v) is 4.13. The molecule has 2 aromatic rings. The third-order valence-electron chi connectivity index (χ3n) is 4.13. The van der Waals surface area contributed by atoms with Crippen LogP contribution in [0, 0.1) is 5.92 Å². The van der Waals surface area contributed by atoms with Crippen molar-refractivity contribution in [2.75, 3.05) is 0 Å². The van der Waals surface area contributed by atoms with Crippen molar-refractivity contribution in [1.82, 2.24) is 0 Å². The maximum absolute atomic E-state index is 12.2. The molecule has 1 heterocycles. The van der Waals surface area contributed by atoms with E-state index in [-0.39, 0.29) is 22.8 Å². The molecule has 126 valence electrons. The Kier molecular flexibility index (Phi) is 4.00. The summed E-state index contributed by atoms with van der Waals surface area (Å²) >= 11 is 0. The summed E-state index contributed by atoms with van der Waals surface area (Å²) in [6.07, 6.45) is 0. The Morgan fingerprint density at radius 3 is 2.28 bits per heavy atom. The monoisotopic (exact) mass is 336 g/mol. The van der Waals surface area contributed by atoms with E-state index in [2.05, 4.69) is 6.58 Å². The molecular formula is C20H16O5. The van der Waals surface area contributed by atoms with Gasteiger partial charge in [-0.25, -0.2) is 9.59 Å². The molecule has 3 rings (SSSR count). The van der Waals surface area contributed by atoms with E-state index >= 15 is 0 Å². The predicted molar refractivity (Wildman–Crippen MR) is 92.5 cm³/mol. The number of benzene rings is 2. The van der Waals surface area contributed by atoms with Gasteiger partial charge in [-0.3, -0.25) is 4.79 Å². The Bertz CT molecular complexity index is 937. The van der Waals surface area contributed by atoms with Crippen LogP contribution in [0.3, 0.4) is 0 Å². The maximum atomic E-state index is 12.2. The molecule has 0 atom stereocenters. The zero-order valence-electron chi connectivity index (χ0n) is 13.8. The van der Waals surface area contributed by atoms with Crippen LogP contribution in [0.2, 0.25) is 0 Å². The van der Waals surface area contributed by atoms with Gasteiger partial charge in [-0.15, -0.1) is 0 Å². The number of hydrogen-bond donors (Lipinski definition) is 1. The number of Topliss-reactive ketones (excluding diaryl/α,β-unsaturated/α-hetero) is 1. The minimum atomic E-state index is -1.17. The number of carbonyl (C=O) groups is 3. The number of ketones is 1. The minimum Gasteiger partial charge on any atom is -0.478 e. The molecular weight excluding hydrogens is 320 g/mol. The van der Waals surface area contributed by atoms with Crippen LogP contribution in [0.25, 0.3) is 16.9 Å². The predicted octanol–water partition coefficient (Wildman–Crippen LogP) is 4.03. The Balaban J connectivity index is 2.10. The zero-order chi connectivity index (χ0) is 18.3. The number of hydrogen-bond acceptors (Lipinski definition) is 4. The highest BCUT2D eigenvalue weighted by molar-refractivity contribution is 6.07. The molecule has 0 radical (unpaired) electrons. The fraction of sp³-hybridized carbons (Fsp3) is 0.150. The van der Waals surface area contributed by atoms with Gasteiger partial charge >= 0.3 is 11.9 Å². The Labute approximate surface area is 144 Å². The average molecular weight is 336 g/mol. The SMILES string of the molecule is C=C1OC(=O)c2cc(-c3ccc(C(=O)C(C)C)c(C(=O)O)c3)ccc21. The molecule has 0 fully saturated rings. The van der Waals surface area contributed by atoms with Crippen molar-refractivity contribution in [2.24, 2.45) is 5.92 Å².